The summed E-state index contributed by atoms with van der Waals surface area (Å²) in [5.41, 5.74) is 0.931. The first-order chi connectivity index (χ1) is 11.8. The first kappa shape index (κ1) is 19.2. The van der Waals surface area contributed by atoms with Crippen LogP contribution in [-0.2, 0) is 4.79 Å². The molecule has 132 valence electrons. The molecule has 4 nitrogen and oxygen atoms in total. The Hall–Kier alpha value is -2.11. The van der Waals surface area contributed by atoms with E-state index in [1.165, 1.54) is 23.1 Å². The van der Waals surface area contributed by atoms with Gasteiger partial charge in [0.25, 0.3) is 5.91 Å². The summed E-state index contributed by atoms with van der Waals surface area (Å²) in [4.78, 5) is 26.0. The number of hydrogen-bond acceptors (Lipinski definition) is 2. The molecular formula is C18H17Cl2FN2O2. The van der Waals surface area contributed by atoms with Gasteiger partial charge in [0, 0.05) is 12.1 Å². The van der Waals surface area contributed by atoms with Crippen LogP contribution in [0, 0.1) is 12.7 Å². The maximum absolute atomic E-state index is 13.7. The van der Waals surface area contributed by atoms with Crippen molar-refractivity contribution in [3.63, 3.8) is 0 Å². The van der Waals surface area contributed by atoms with Crippen LogP contribution in [0.4, 0.5) is 10.1 Å². The second kappa shape index (κ2) is 8.32. The van der Waals surface area contributed by atoms with Crippen LogP contribution in [0.15, 0.2) is 36.4 Å². The number of rotatable bonds is 5. The van der Waals surface area contributed by atoms with Gasteiger partial charge >= 0.3 is 0 Å². The highest BCUT2D eigenvalue weighted by Gasteiger charge is 2.19. The Morgan fingerprint density at radius 2 is 1.80 bits per heavy atom. The van der Waals surface area contributed by atoms with Crippen molar-refractivity contribution in [1.29, 1.82) is 0 Å². The molecule has 0 aliphatic rings. The summed E-state index contributed by atoms with van der Waals surface area (Å²) in [5.74, 6) is -1.34. The van der Waals surface area contributed by atoms with E-state index in [-0.39, 0.29) is 18.7 Å². The van der Waals surface area contributed by atoms with Crippen LogP contribution < -0.4 is 5.32 Å². The molecule has 2 rings (SSSR count). The van der Waals surface area contributed by atoms with E-state index < -0.39 is 17.6 Å². The van der Waals surface area contributed by atoms with Gasteiger partial charge in [-0.15, -0.1) is 0 Å². The molecule has 0 aliphatic carbocycles. The van der Waals surface area contributed by atoms with Crippen molar-refractivity contribution < 1.29 is 14.0 Å². The third-order valence-corrected chi connectivity index (χ3v) is 4.28. The largest absolute Gasteiger partial charge is 0.330 e. The second-order valence-electron chi connectivity index (χ2n) is 5.43. The third kappa shape index (κ3) is 4.71. The lowest BCUT2D eigenvalue weighted by Crippen LogP contribution is -2.38. The first-order valence-corrected chi connectivity index (χ1v) is 8.38. The smallest absolute Gasteiger partial charge is 0.254 e. The number of carbonyl (C=O) groups excluding carboxylic acids is 2. The van der Waals surface area contributed by atoms with Gasteiger partial charge < -0.3 is 10.2 Å². The van der Waals surface area contributed by atoms with Gasteiger partial charge in [-0.1, -0.05) is 35.3 Å². The highest BCUT2D eigenvalue weighted by Crippen LogP contribution is 2.29. The Balaban J connectivity index is 2.11. The van der Waals surface area contributed by atoms with Crippen molar-refractivity contribution in [2.45, 2.75) is 13.8 Å². The van der Waals surface area contributed by atoms with Gasteiger partial charge in [-0.2, -0.15) is 0 Å². The number of nitrogens with one attached hydrogen (secondary N) is 1. The first-order valence-electron chi connectivity index (χ1n) is 7.62. The Labute approximate surface area is 155 Å². The van der Waals surface area contributed by atoms with Crippen molar-refractivity contribution in [1.82, 2.24) is 4.90 Å². The Bertz CT molecular complexity index is 791. The fraction of sp³-hybridized carbons (Fsp3) is 0.222. The lowest BCUT2D eigenvalue weighted by Gasteiger charge is -2.21. The number of likely N-dealkylation sites (N-methyl/N-ethyl adjacent to an activating group) is 1. The number of anilines is 1. The van der Waals surface area contributed by atoms with Crippen LogP contribution in [0.25, 0.3) is 0 Å². The fourth-order valence-corrected chi connectivity index (χ4v) is 2.70. The Morgan fingerprint density at radius 3 is 2.36 bits per heavy atom. The summed E-state index contributed by atoms with van der Waals surface area (Å²) < 4.78 is 13.7. The SMILES string of the molecule is CCN(CC(=O)Nc1c(Cl)cccc1Cl)C(=O)c1ccc(C)c(F)c1. The minimum Gasteiger partial charge on any atom is -0.330 e. The molecule has 0 saturated heterocycles. The maximum atomic E-state index is 13.7. The van der Waals surface area contributed by atoms with E-state index in [9.17, 15) is 14.0 Å². The average Bonchev–Trinajstić information content (AvgIpc) is 2.58. The lowest BCUT2D eigenvalue weighted by molar-refractivity contribution is -0.116. The summed E-state index contributed by atoms with van der Waals surface area (Å²) in [5, 5.41) is 3.20. The van der Waals surface area contributed by atoms with Crippen molar-refractivity contribution >= 4 is 40.7 Å². The summed E-state index contributed by atoms with van der Waals surface area (Å²) in [6.45, 7) is 3.44. The number of benzene rings is 2. The van der Waals surface area contributed by atoms with E-state index in [1.54, 1.807) is 32.0 Å². The standard InChI is InChI=1S/C18H17Cl2FN2O2/c1-3-23(18(25)12-8-7-11(2)15(21)9-12)10-16(24)22-17-13(19)5-4-6-14(17)20/h4-9H,3,10H2,1-2H3,(H,22,24). The zero-order valence-electron chi connectivity index (χ0n) is 13.8. The number of para-hydroxylation sites is 1. The van der Waals surface area contributed by atoms with Gasteiger partial charge in [0.2, 0.25) is 5.91 Å². The normalized spacial score (nSPS) is 10.4. The minimum absolute atomic E-state index is 0.188. The highest BCUT2D eigenvalue weighted by atomic mass is 35.5. The third-order valence-electron chi connectivity index (χ3n) is 3.65. The van der Waals surface area contributed by atoms with E-state index in [2.05, 4.69) is 5.32 Å². The number of nitrogens with zero attached hydrogens (tertiary/aromatic N) is 1. The van der Waals surface area contributed by atoms with Crippen molar-refractivity contribution in [2.24, 2.45) is 0 Å². The summed E-state index contributed by atoms with van der Waals surface area (Å²) in [6.07, 6.45) is 0. The maximum Gasteiger partial charge on any atom is 0.254 e. The zero-order valence-corrected chi connectivity index (χ0v) is 15.3. The molecule has 0 aliphatic heterocycles. The van der Waals surface area contributed by atoms with Crippen molar-refractivity contribution in [2.75, 3.05) is 18.4 Å². The van der Waals surface area contributed by atoms with E-state index in [0.717, 1.165) is 0 Å². The Morgan fingerprint density at radius 1 is 1.16 bits per heavy atom. The number of halogens is 3. The lowest BCUT2D eigenvalue weighted by atomic mass is 10.1. The molecule has 2 aromatic carbocycles. The Kier molecular flexibility index (Phi) is 6.39. The van der Waals surface area contributed by atoms with Gasteiger partial charge in [0.1, 0.15) is 12.4 Å². The number of amides is 2. The predicted molar refractivity (Wildman–Crippen MR) is 97.8 cm³/mol. The van der Waals surface area contributed by atoms with Crippen molar-refractivity contribution in [3.8, 4) is 0 Å². The topological polar surface area (TPSA) is 49.4 Å². The molecule has 25 heavy (non-hydrogen) atoms. The van der Waals surface area contributed by atoms with E-state index in [1.807, 2.05) is 0 Å². The zero-order chi connectivity index (χ0) is 18.6. The molecular weight excluding hydrogens is 366 g/mol. The van der Waals surface area contributed by atoms with Crippen LogP contribution in [-0.4, -0.2) is 29.8 Å². The monoisotopic (exact) mass is 382 g/mol. The average molecular weight is 383 g/mol. The van der Waals surface area contributed by atoms with Crippen LogP contribution in [0.1, 0.15) is 22.8 Å². The van der Waals surface area contributed by atoms with Crippen LogP contribution >= 0.6 is 23.2 Å². The molecule has 0 heterocycles. The van der Waals surface area contributed by atoms with E-state index in [4.69, 9.17) is 23.2 Å². The molecule has 0 spiro atoms. The van der Waals surface area contributed by atoms with Crippen LogP contribution in [0.3, 0.4) is 0 Å². The minimum atomic E-state index is -0.464. The molecule has 2 amide bonds. The quantitative estimate of drug-likeness (QED) is 0.824. The number of hydrogen-bond donors (Lipinski definition) is 1. The van der Waals surface area contributed by atoms with Crippen LogP contribution in [0.5, 0.6) is 0 Å². The molecule has 0 saturated carbocycles. The van der Waals surface area contributed by atoms with E-state index in [0.29, 0.717) is 21.3 Å². The predicted octanol–water partition coefficient (Wildman–Crippen LogP) is 4.54. The molecule has 0 unspecified atom stereocenters. The fourth-order valence-electron chi connectivity index (χ4n) is 2.21. The van der Waals surface area contributed by atoms with Crippen molar-refractivity contribution in [3.05, 3.63) is 63.4 Å². The summed E-state index contributed by atoms with van der Waals surface area (Å²) in [6, 6.07) is 9.09. The molecule has 7 heteroatoms. The summed E-state index contributed by atoms with van der Waals surface area (Å²) >= 11 is 12.0. The highest BCUT2D eigenvalue weighted by molar-refractivity contribution is 6.39. The number of carbonyl (C=O) groups is 2. The molecule has 0 radical (unpaired) electrons. The molecule has 1 N–H and O–H groups in total. The second-order valence-corrected chi connectivity index (χ2v) is 6.24. The van der Waals surface area contributed by atoms with Gasteiger partial charge in [-0.3, -0.25) is 9.59 Å². The van der Waals surface area contributed by atoms with Gasteiger partial charge in [-0.25, -0.2) is 4.39 Å². The molecule has 0 bridgehead atoms. The van der Waals surface area contributed by atoms with E-state index >= 15 is 0 Å². The number of aryl methyl sites for hydroxylation is 1. The molecule has 0 atom stereocenters. The summed E-state index contributed by atoms with van der Waals surface area (Å²) in [7, 11) is 0. The van der Waals surface area contributed by atoms with Gasteiger partial charge in [-0.05, 0) is 43.7 Å². The molecule has 0 fully saturated rings. The van der Waals surface area contributed by atoms with Crippen LogP contribution in [0.2, 0.25) is 10.0 Å². The molecule has 2 aromatic rings. The van der Waals surface area contributed by atoms with Gasteiger partial charge in [0.15, 0.2) is 0 Å². The molecule has 0 aromatic heterocycles. The van der Waals surface area contributed by atoms with Gasteiger partial charge in [0.05, 0.1) is 15.7 Å².